The van der Waals surface area contributed by atoms with Crippen molar-refractivity contribution in [3.63, 3.8) is 0 Å². The minimum absolute atomic E-state index is 0.195. The van der Waals surface area contributed by atoms with Crippen LogP contribution in [-0.2, 0) is 6.54 Å². The Balaban J connectivity index is 1.78. The van der Waals surface area contributed by atoms with E-state index in [1.54, 1.807) is 36.5 Å². The van der Waals surface area contributed by atoms with Gasteiger partial charge in [-0.25, -0.2) is 0 Å². The Morgan fingerprint density at radius 3 is 2.25 bits per heavy atom. The summed E-state index contributed by atoms with van der Waals surface area (Å²) in [5.41, 5.74) is 3.09. The number of benzene rings is 3. The standard InChI is InChI=1S/C20H18N2O2/c23-19-11-5-1-7-15(19)13-21-17-9-3-4-10-18(17)22-14-16-8-2-6-12-20(16)24/h1-13,22-24H,14H2. The fourth-order valence-corrected chi connectivity index (χ4v) is 2.32. The molecule has 0 unspecified atom stereocenters. The number of anilines is 1. The van der Waals surface area contributed by atoms with Crippen molar-refractivity contribution >= 4 is 17.6 Å². The topological polar surface area (TPSA) is 64.9 Å². The summed E-state index contributed by atoms with van der Waals surface area (Å²) < 4.78 is 0. The van der Waals surface area contributed by atoms with Gasteiger partial charge >= 0.3 is 0 Å². The summed E-state index contributed by atoms with van der Waals surface area (Å²) in [6.45, 7) is 0.496. The number of para-hydroxylation sites is 4. The fourth-order valence-electron chi connectivity index (χ4n) is 2.32. The quantitative estimate of drug-likeness (QED) is 0.609. The SMILES string of the molecule is Oc1ccccc1C=Nc1ccccc1NCc1ccccc1O. The van der Waals surface area contributed by atoms with E-state index < -0.39 is 0 Å². The number of phenolic OH excluding ortho intramolecular Hbond substituents is 2. The summed E-state index contributed by atoms with van der Waals surface area (Å²) >= 11 is 0. The second kappa shape index (κ2) is 7.33. The molecule has 3 N–H and O–H groups in total. The third-order valence-corrected chi connectivity index (χ3v) is 3.64. The van der Waals surface area contributed by atoms with E-state index in [1.165, 1.54) is 0 Å². The number of aliphatic imine (C=N–C) groups is 1. The molecule has 0 aliphatic rings. The summed E-state index contributed by atoms with van der Waals surface area (Å²) in [7, 11) is 0. The Bertz CT molecular complexity index is 860. The van der Waals surface area contributed by atoms with Crippen molar-refractivity contribution in [1.82, 2.24) is 0 Å². The molecule has 0 fully saturated rings. The van der Waals surface area contributed by atoms with Crippen molar-refractivity contribution in [2.24, 2.45) is 4.99 Å². The van der Waals surface area contributed by atoms with Gasteiger partial charge in [-0.05, 0) is 30.3 Å². The molecule has 0 heterocycles. The number of hydrogen-bond acceptors (Lipinski definition) is 4. The van der Waals surface area contributed by atoms with Crippen LogP contribution in [0.1, 0.15) is 11.1 Å². The zero-order valence-corrected chi connectivity index (χ0v) is 13.1. The van der Waals surface area contributed by atoms with Crippen LogP contribution in [0.25, 0.3) is 0 Å². The van der Waals surface area contributed by atoms with Crippen LogP contribution in [0.4, 0.5) is 11.4 Å². The molecule has 0 amide bonds. The average molecular weight is 318 g/mol. The minimum atomic E-state index is 0.195. The molecular formula is C20H18N2O2. The van der Waals surface area contributed by atoms with E-state index in [0.29, 0.717) is 12.1 Å². The Hall–Kier alpha value is -3.27. The monoisotopic (exact) mass is 318 g/mol. The molecule has 0 aliphatic carbocycles. The van der Waals surface area contributed by atoms with Crippen LogP contribution in [0, 0.1) is 0 Å². The number of hydrogen-bond donors (Lipinski definition) is 3. The Labute approximate surface area is 140 Å². The van der Waals surface area contributed by atoms with Gasteiger partial charge < -0.3 is 15.5 Å². The van der Waals surface area contributed by atoms with Gasteiger partial charge in [-0.3, -0.25) is 4.99 Å². The van der Waals surface area contributed by atoms with Gasteiger partial charge in [0.05, 0.1) is 11.4 Å². The van der Waals surface area contributed by atoms with E-state index >= 15 is 0 Å². The van der Waals surface area contributed by atoms with E-state index in [9.17, 15) is 10.2 Å². The van der Waals surface area contributed by atoms with Gasteiger partial charge in [0.2, 0.25) is 0 Å². The molecule has 3 rings (SSSR count). The Kier molecular flexibility index (Phi) is 4.77. The first-order chi connectivity index (χ1) is 11.7. The van der Waals surface area contributed by atoms with Gasteiger partial charge in [0.15, 0.2) is 0 Å². The number of rotatable bonds is 5. The third-order valence-electron chi connectivity index (χ3n) is 3.64. The van der Waals surface area contributed by atoms with E-state index in [0.717, 1.165) is 16.9 Å². The smallest absolute Gasteiger partial charge is 0.124 e. The lowest BCUT2D eigenvalue weighted by Crippen LogP contribution is -1.99. The summed E-state index contributed by atoms with van der Waals surface area (Å²) in [6.07, 6.45) is 1.63. The van der Waals surface area contributed by atoms with Crippen LogP contribution in [0.2, 0.25) is 0 Å². The number of aromatic hydroxyl groups is 2. The predicted octanol–water partition coefficient (Wildman–Crippen LogP) is 4.46. The summed E-state index contributed by atoms with van der Waals surface area (Å²) in [5.74, 6) is 0.459. The number of phenols is 2. The van der Waals surface area contributed by atoms with Crippen LogP contribution in [0.15, 0.2) is 77.8 Å². The zero-order chi connectivity index (χ0) is 16.8. The normalized spacial score (nSPS) is 10.8. The third kappa shape index (κ3) is 3.73. The highest BCUT2D eigenvalue weighted by atomic mass is 16.3. The van der Waals surface area contributed by atoms with Gasteiger partial charge in [0.25, 0.3) is 0 Å². The molecule has 120 valence electrons. The second-order valence-corrected chi connectivity index (χ2v) is 5.32. The van der Waals surface area contributed by atoms with Crippen molar-refractivity contribution in [3.05, 3.63) is 83.9 Å². The molecule has 4 heteroatoms. The van der Waals surface area contributed by atoms with Crippen LogP contribution in [0.5, 0.6) is 11.5 Å². The first kappa shape index (κ1) is 15.6. The lowest BCUT2D eigenvalue weighted by molar-refractivity contribution is 0.469. The van der Waals surface area contributed by atoms with Gasteiger partial charge in [-0.15, -0.1) is 0 Å². The molecular weight excluding hydrogens is 300 g/mol. The molecule has 0 radical (unpaired) electrons. The highest BCUT2D eigenvalue weighted by molar-refractivity contribution is 5.86. The zero-order valence-electron chi connectivity index (χ0n) is 13.1. The second-order valence-electron chi connectivity index (χ2n) is 5.32. The van der Waals surface area contributed by atoms with Crippen LogP contribution < -0.4 is 5.32 Å². The molecule has 3 aromatic rings. The van der Waals surface area contributed by atoms with E-state index in [1.807, 2.05) is 42.5 Å². The van der Waals surface area contributed by atoms with Gasteiger partial charge in [0.1, 0.15) is 11.5 Å². The highest BCUT2D eigenvalue weighted by Gasteiger charge is 2.03. The Morgan fingerprint density at radius 1 is 0.792 bits per heavy atom. The number of nitrogens with one attached hydrogen (secondary N) is 1. The maximum Gasteiger partial charge on any atom is 0.124 e. The molecule has 0 aliphatic heterocycles. The predicted molar refractivity (Wildman–Crippen MR) is 97.2 cm³/mol. The largest absolute Gasteiger partial charge is 0.508 e. The number of nitrogens with zero attached hydrogens (tertiary/aromatic N) is 1. The van der Waals surface area contributed by atoms with Crippen molar-refractivity contribution in [2.75, 3.05) is 5.32 Å². The average Bonchev–Trinajstić information content (AvgIpc) is 2.61. The van der Waals surface area contributed by atoms with Crippen molar-refractivity contribution in [2.45, 2.75) is 6.54 Å². The highest BCUT2D eigenvalue weighted by Crippen LogP contribution is 2.26. The summed E-state index contributed by atoms with van der Waals surface area (Å²) in [4.78, 5) is 4.46. The molecule has 0 aromatic heterocycles. The van der Waals surface area contributed by atoms with E-state index in [4.69, 9.17) is 0 Å². The molecule has 24 heavy (non-hydrogen) atoms. The van der Waals surface area contributed by atoms with Gasteiger partial charge in [-0.2, -0.15) is 0 Å². The first-order valence-corrected chi connectivity index (χ1v) is 7.66. The molecule has 0 saturated carbocycles. The van der Waals surface area contributed by atoms with Gasteiger partial charge in [0, 0.05) is 23.9 Å². The maximum atomic E-state index is 9.84. The molecule has 4 nitrogen and oxygen atoms in total. The maximum absolute atomic E-state index is 9.84. The summed E-state index contributed by atoms with van der Waals surface area (Å²) in [5, 5.41) is 22.9. The van der Waals surface area contributed by atoms with Gasteiger partial charge in [-0.1, -0.05) is 42.5 Å². The lowest BCUT2D eigenvalue weighted by atomic mass is 10.2. The van der Waals surface area contributed by atoms with E-state index in [2.05, 4.69) is 10.3 Å². The molecule has 3 aromatic carbocycles. The van der Waals surface area contributed by atoms with Crippen LogP contribution in [-0.4, -0.2) is 16.4 Å². The van der Waals surface area contributed by atoms with Crippen molar-refractivity contribution in [1.29, 1.82) is 0 Å². The first-order valence-electron chi connectivity index (χ1n) is 7.66. The van der Waals surface area contributed by atoms with Crippen LogP contribution in [0.3, 0.4) is 0 Å². The van der Waals surface area contributed by atoms with Crippen molar-refractivity contribution in [3.8, 4) is 11.5 Å². The summed E-state index contributed by atoms with van der Waals surface area (Å²) in [6, 6.07) is 21.9. The molecule has 0 atom stereocenters. The van der Waals surface area contributed by atoms with E-state index in [-0.39, 0.29) is 11.5 Å². The minimum Gasteiger partial charge on any atom is -0.508 e. The lowest BCUT2D eigenvalue weighted by Gasteiger charge is -2.10. The fraction of sp³-hybridized carbons (Fsp3) is 0.0500. The molecule has 0 bridgehead atoms. The Morgan fingerprint density at radius 2 is 1.46 bits per heavy atom. The van der Waals surface area contributed by atoms with Crippen molar-refractivity contribution < 1.29 is 10.2 Å². The molecule has 0 saturated heterocycles. The molecule has 0 spiro atoms. The van der Waals surface area contributed by atoms with Crippen LogP contribution >= 0.6 is 0 Å².